The molecule has 1 N–H and O–H groups in total. The van der Waals surface area contributed by atoms with E-state index in [1.807, 2.05) is 41.8 Å². The summed E-state index contributed by atoms with van der Waals surface area (Å²) < 4.78 is 8.27. The molecule has 8 heteroatoms. The van der Waals surface area contributed by atoms with Crippen LogP contribution in [0, 0.1) is 6.92 Å². The molecule has 2 heterocycles. The van der Waals surface area contributed by atoms with Crippen molar-refractivity contribution in [2.24, 2.45) is 0 Å². The molecule has 1 aromatic carbocycles. The number of hydrogen-bond acceptors (Lipinski definition) is 5. The van der Waals surface area contributed by atoms with E-state index in [1.165, 1.54) is 11.8 Å². The van der Waals surface area contributed by atoms with Crippen molar-refractivity contribution >= 4 is 39.3 Å². The van der Waals surface area contributed by atoms with Crippen LogP contribution in [0.5, 0.6) is 0 Å². The summed E-state index contributed by atoms with van der Waals surface area (Å²) in [5.74, 6) is 1.74. The minimum absolute atomic E-state index is 0.0889. The fraction of sp³-hybridized carbons (Fsp3) is 0.278. The third kappa shape index (κ3) is 4.19. The highest BCUT2D eigenvalue weighted by atomic mass is 79.9. The van der Waals surface area contributed by atoms with Crippen LogP contribution in [-0.2, 0) is 11.3 Å². The number of nitrogens with one attached hydrogen (secondary N) is 1. The number of halogens is 1. The number of amides is 1. The lowest BCUT2D eigenvalue weighted by atomic mass is 10.2. The number of anilines is 1. The molecular weight excluding hydrogens is 416 g/mol. The SMILES string of the molecule is CCCn1c(SCC(=O)Nc2ccccc2Br)nnc1-c1ccoc1C. The van der Waals surface area contributed by atoms with E-state index in [0.29, 0.717) is 0 Å². The summed E-state index contributed by atoms with van der Waals surface area (Å²) in [6, 6.07) is 9.41. The monoisotopic (exact) mass is 434 g/mol. The Morgan fingerprint density at radius 2 is 2.12 bits per heavy atom. The van der Waals surface area contributed by atoms with Gasteiger partial charge >= 0.3 is 0 Å². The molecule has 0 atom stereocenters. The number of furan rings is 1. The van der Waals surface area contributed by atoms with Gasteiger partial charge < -0.3 is 14.3 Å². The van der Waals surface area contributed by atoms with Crippen molar-refractivity contribution < 1.29 is 9.21 Å². The van der Waals surface area contributed by atoms with Crippen molar-refractivity contribution in [1.29, 1.82) is 0 Å². The molecule has 0 unspecified atom stereocenters. The van der Waals surface area contributed by atoms with Gasteiger partial charge in [-0.3, -0.25) is 4.79 Å². The Balaban J connectivity index is 1.72. The maximum Gasteiger partial charge on any atom is 0.234 e. The summed E-state index contributed by atoms with van der Waals surface area (Å²) in [6.07, 6.45) is 2.59. The minimum Gasteiger partial charge on any atom is -0.469 e. The van der Waals surface area contributed by atoms with Crippen molar-refractivity contribution in [2.45, 2.75) is 32.0 Å². The van der Waals surface area contributed by atoms with E-state index in [1.54, 1.807) is 6.26 Å². The van der Waals surface area contributed by atoms with Crippen LogP contribution in [0.2, 0.25) is 0 Å². The number of aromatic nitrogens is 3. The molecule has 1 amide bonds. The number of para-hydroxylation sites is 1. The first-order valence-electron chi connectivity index (χ1n) is 8.25. The topological polar surface area (TPSA) is 73.0 Å². The quantitative estimate of drug-likeness (QED) is 0.543. The molecule has 0 saturated heterocycles. The van der Waals surface area contributed by atoms with Crippen LogP contribution in [0.15, 0.2) is 50.6 Å². The zero-order chi connectivity index (χ0) is 18.5. The predicted molar refractivity (Wildman–Crippen MR) is 106 cm³/mol. The zero-order valence-electron chi connectivity index (χ0n) is 14.5. The van der Waals surface area contributed by atoms with Gasteiger partial charge in [-0.2, -0.15) is 0 Å². The van der Waals surface area contributed by atoms with Crippen LogP contribution < -0.4 is 5.32 Å². The summed E-state index contributed by atoms with van der Waals surface area (Å²) in [4.78, 5) is 12.3. The van der Waals surface area contributed by atoms with Crippen molar-refractivity contribution in [1.82, 2.24) is 14.8 Å². The van der Waals surface area contributed by atoms with E-state index in [4.69, 9.17) is 4.42 Å². The Hall–Kier alpha value is -2.06. The Kier molecular flexibility index (Phi) is 6.16. The molecule has 0 saturated carbocycles. The first kappa shape index (κ1) is 18.7. The molecule has 0 radical (unpaired) electrons. The van der Waals surface area contributed by atoms with Gasteiger partial charge in [0, 0.05) is 11.0 Å². The van der Waals surface area contributed by atoms with Gasteiger partial charge in [0.1, 0.15) is 5.76 Å². The number of aryl methyl sites for hydroxylation is 1. The molecule has 26 heavy (non-hydrogen) atoms. The Labute approximate surface area is 164 Å². The van der Waals surface area contributed by atoms with E-state index in [9.17, 15) is 4.79 Å². The predicted octanol–water partition coefficient (Wildman–Crippen LogP) is 4.75. The summed E-state index contributed by atoms with van der Waals surface area (Å²) >= 11 is 4.80. The summed E-state index contributed by atoms with van der Waals surface area (Å²) in [5, 5.41) is 12.2. The lowest BCUT2D eigenvalue weighted by molar-refractivity contribution is -0.113. The molecule has 3 rings (SSSR count). The summed E-state index contributed by atoms with van der Waals surface area (Å²) in [7, 11) is 0. The molecule has 0 aliphatic carbocycles. The molecule has 0 aliphatic heterocycles. The molecule has 0 spiro atoms. The number of carbonyl (C=O) groups is 1. The van der Waals surface area contributed by atoms with Crippen molar-refractivity contribution in [3.05, 3.63) is 46.8 Å². The molecule has 3 aromatic rings. The first-order chi connectivity index (χ1) is 12.6. The van der Waals surface area contributed by atoms with E-state index in [2.05, 4.69) is 38.4 Å². The van der Waals surface area contributed by atoms with Crippen LogP contribution in [0.4, 0.5) is 5.69 Å². The number of hydrogen-bond donors (Lipinski definition) is 1. The largest absolute Gasteiger partial charge is 0.469 e. The fourth-order valence-corrected chi connectivity index (χ4v) is 3.66. The smallest absolute Gasteiger partial charge is 0.234 e. The molecular formula is C18H19BrN4O2S. The van der Waals surface area contributed by atoms with Gasteiger partial charge in [0.05, 0.1) is 23.3 Å². The maximum absolute atomic E-state index is 12.3. The van der Waals surface area contributed by atoms with E-state index in [0.717, 1.165) is 45.4 Å². The average Bonchev–Trinajstić information content (AvgIpc) is 3.21. The first-order valence-corrected chi connectivity index (χ1v) is 10.0. The van der Waals surface area contributed by atoms with Crippen molar-refractivity contribution in [3.63, 3.8) is 0 Å². The molecule has 6 nitrogen and oxygen atoms in total. The van der Waals surface area contributed by atoms with Gasteiger partial charge in [-0.1, -0.05) is 30.8 Å². The van der Waals surface area contributed by atoms with Gasteiger partial charge in [-0.25, -0.2) is 0 Å². The Morgan fingerprint density at radius 1 is 1.31 bits per heavy atom. The lowest BCUT2D eigenvalue weighted by Crippen LogP contribution is -2.15. The standard InChI is InChI=1S/C18H19BrN4O2S/c1-3-9-23-17(13-8-10-25-12(13)2)21-22-18(23)26-11-16(24)20-15-7-5-4-6-14(15)19/h4-8,10H,3,9,11H2,1-2H3,(H,20,24). The number of thioether (sulfide) groups is 1. The van der Waals surface area contributed by atoms with Crippen LogP contribution in [0.1, 0.15) is 19.1 Å². The van der Waals surface area contributed by atoms with Gasteiger partial charge in [-0.15, -0.1) is 10.2 Å². The summed E-state index contributed by atoms with van der Waals surface area (Å²) in [6.45, 7) is 4.78. The molecule has 2 aromatic heterocycles. The number of carbonyl (C=O) groups excluding carboxylic acids is 1. The average molecular weight is 435 g/mol. The van der Waals surface area contributed by atoms with Crippen molar-refractivity contribution in [2.75, 3.05) is 11.1 Å². The summed E-state index contributed by atoms with van der Waals surface area (Å²) in [5.41, 5.74) is 1.68. The van der Waals surface area contributed by atoms with Gasteiger partial charge in [0.25, 0.3) is 0 Å². The lowest BCUT2D eigenvalue weighted by Gasteiger charge is -2.09. The second-order valence-electron chi connectivity index (χ2n) is 5.66. The highest BCUT2D eigenvalue weighted by Crippen LogP contribution is 2.28. The van der Waals surface area contributed by atoms with Crippen LogP contribution in [0.3, 0.4) is 0 Å². The normalized spacial score (nSPS) is 10.9. The maximum atomic E-state index is 12.3. The fourth-order valence-electron chi connectivity index (χ4n) is 2.52. The third-order valence-corrected chi connectivity index (χ3v) is 5.40. The highest BCUT2D eigenvalue weighted by Gasteiger charge is 2.18. The Morgan fingerprint density at radius 3 is 2.81 bits per heavy atom. The van der Waals surface area contributed by atoms with Crippen LogP contribution in [-0.4, -0.2) is 26.4 Å². The van der Waals surface area contributed by atoms with E-state index in [-0.39, 0.29) is 11.7 Å². The number of nitrogens with zero attached hydrogens (tertiary/aromatic N) is 3. The van der Waals surface area contributed by atoms with Gasteiger partial charge in [-0.05, 0) is 47.5 Å². The minimum atomic E-state index is -0.0889. The van der Waals surface area contributed by atoms with E-state index >= 15 is 0 Å². The number of benzene rings is 1. The second-order valence-corrected chi connectivity index (χ2v) is 7.46. The van der Waals surface area contributed by atoms with Crippen molar-refractivity contribution in [3.8, 4) is 11.4 Å². The number of rotatable bonds is 7. The zero-order valence-corrected chi connectivity index (χ0v) is 16.9. The Bertz CT molecular complexity index is 906. The molecule has 0 bridgehead atoms. The molecule has 0 aliphatic rings. The van der Waals surface area contributed by atoms with Gasteiger partial charge in [0.15, 0.2) is 11.0 Å². The third-order valence-electron chi connectivity index (χ3n) is 3.74. The second kappa shape index (κ2) is 8.55. The van der Waals surface area contributed by atoms with Gasteiger partial charge in [0.2, 0.25) is 5.91 Å². The molecule has 0 fully saturated rings. The molecule has 136 valence electrons. The van der Waals surface area contributed by atoms with E-state index < -0.39 is 0 Å². The highest BCUT2D eigenvalue weighted by molar-refractivity contribution is 9.10. The van der Waals surface area contributed by atoms with Crippen LogP contribution in [0.25, 0.3) is 11.4 Å². The van der Waals surface area contributed by atoms with Crippen LogP contribution >= 0.6 is 27.7 Å².